The molecular weight excluding hydrogens is 252 g/mol. The van der Waals surface area contributed by atoms with E-state index in [-0.39, 0.29) is 18.0 Å². The summed E-state index contributed by atoms with van der Waals surface area (Å²) < 4.78 is 5.34. The zero-order valence-electron chi connectivity index (χ0n) is 12.1. The van der Waals surface area contributed by atoms with Crippen LogP contribution in [0.2, 0.25) is 0 Å². The van der Waals surface area contributed by atoms with Gasteiger partial charge in [-0.2, -0.15) is 0 Å². The predicted octanol–water partition coefficient (Wildman–Crippen LogP) is 2.11. The van der Waals surface area contributed by atoms with Crippen molar-refractivity contribution in [3.63, 3.8) is 0 Å². The highest BCUT2D eigenvalue weighted by atomic mass is 16.5. The lowest BCUT2D eigenvalue weighted by atomic mass is 9.99. The van der Waals surface area contributed by atoms with Crippen LogP contribution in [-0.4, -0.2) is 36.5 Å². The van der Waals surface area contributed by atoms with Crippen LogP contribution in [-0.2, 0) is 4.79 Å². The minimum Gasteiger partial charge on any atom is -0.497 e. The summed E-state index contributed by atoms with van der Waals surface area (Å²) in [5.41, 5.74) is 1.24. The van der Waals surface area contributed by atoms with Gasteiger partial charge in [0, 0.05) is 25.6 Å². The molecule has 1 aromatic rings. The third-order valence-corrected chi connectivity index (χ3v) is 4.28. The Morgan fingerprint density at radius 2 is 2.15 bits per heavy atom. The number of likely N-dealkylation sites (tertiary alicyclic amines) is 1. The molecule has 2 fully saturated rings. The van der Waals surface area contributed by atoms with E-state index in [0.717, 1.165) is 18.7 Å². The number of nitrogens with zero attached hydrogens (tertiary/aromatic N) is 1. The van der Waals surface area contributed by atoms with Crippen LogP contribution in [0.25, 0.3) is 0 Å². The molecule has 1 N–H and O–H groups in total. The van der Waals surface area contributed by atoms with Crippen LogP contribution in [0.4, 0.5) is 0 Å². The summed E-state index contributed by atoms with van der Waals surface area (Å²) >= 11 is 0. The molecule has 1 amide bonds. The van der Waals surface area contributed by atoms with Crippen molar-refractivity contribution in [2.75, 3.05) is 13.7 Å². The number of hydrogen-bond donors (Lipinski definition) is 1. The Labute approximate surface area is 120 Å². The normalized spacial score (nSPS) is 26.5. The van der Waals surface area contributed by atoms with Crippen molar-refractivity contribution in [2.24, 2.45) is 0 Å². The molecule has 0 radical (unpaired) electrons. The van der Waals surface area contributed by atoms with Gasteiger partial charge in [0.25, 0.3) is 0 Å². The van der Waals surface area contributed by atoms with Crippen LogP contribution in [0.15, 0.2) is 24.3 Å². The molecule has 0 aromatic heterocycles. The molecule has 108 valence electrons. The van der Waals surface area contributed by atoms with Gasteiger partial charge in [0.05, 0.1) is 13.2 Å². The van der Waals surface area contributed by atoms with Crippen molar-refractivity contribution in [2.45, 2.75) is 44.3 Å². The summed E-state index contributed by atoms with van der Waals surface area (Å²) in [6.45, 7) is 2.67. The van der Waals surface area contributed by atoms with E-state index in [4.69, 9.17) is 4.74 Å². The third kappa shape index (κ3) is 2.66. The quantitative estimate of drug-likeness (QED) is 0.914. The van der Waals surface area contributed by atoms with Gasteiger partial charge >= 0.3 is 0 Å². The molecule has 20 heavy (non-hydrogen) atoms. The molecule has 1 heterocycles. The summed E-state index contributed by atoms with van der Waals surface area (Å²) in [5, 5.41) is 3.12. The van der Waals surface area contributed by atoms with Crippen molar-refractivity contribution < 1.29 is 9.53 Å². The molecule has 0 bridgehead atoms. The maximum atomic E-state index is 11.4. The van der Waals surface area contributed by atoms with Crippen molar-refractivity contribution in [1.29, 1.82) is 0 Å². The number of nitrogens with one attached hydrogen (secondary N) is 1. The number of methoxy groups -OCH3 is 1. The number of ether oxygens (including phenoxy) is 1. The Balaban J connectivity index is 1.88. The molecule has 0 unspecified atom stereocenters. The maximum absolute atomic E-state index is 11.4. The van der Waals surface area contributed by atoms with Gasteiger partial charge in [0.2, 0.25) is 5.91 Å². The Kier molecular flexibility index (Phi) is 3.66. The van der Waals surface area contributed by atoms with E-state index in [2.05, 4.69) is 22.3 Å². The second-order valence-corrected chi connectivity index (χ2v) is 5.79. The highest BCUT2D eigenvalue weighted by molar-refractivity contribution is 5.73. The van der Waals surface area contributed by atoms with E-state index >= 15 is 0 Å². The van der Waals surface area contributed by atoms with Crippen molar-refractivity contribution in [3.8, 4) is 5.75 Å². The van der Waals surface area contributed by atoms with Crippen LogP contribution in [0, 0.1) is 0 Å². The molecule has 2 aliphatic rings. The Hall–Kier alpha value is -1.55. The fourth-order valence-electron chi connectivity index (χ4n) is 3.29. The van der Waals surface area contributed by atoms with Gasteiger partial charge in [0.1, 0.15) is 5.75 Å². The SMILES string of the molecule is COc1cccc([C@@H]2[C@H](NC(C)=O)CCN2C2CC2)c1. The monoisotopic (exact) mass is 274 g/mol. The molecule has 0 spiro atoms. The topological polar surface area (TPSA) is 41.6 Å². The minimum absolute atomic E-state index is 0.0561. The van der Waals surface area contributed by atoms with Crippen LogP contribution in [0.3, 0.4) is 0 Å². The smallest absolute Gasteiger partial charge is 0.217 e. The van der Waals surface area contributed by atoms with Crippen LogP contribution in [0.1, 0.15) is 37.8 Å². The maximum Gasteiger partial charge on any atom is 0.217 e. The van der Waals surface area contributed by atoms with Crippen molar-refractivity contribution in [3.05, 3.63) is 29.8 Å². The van der Waals surface area contributed by atoms with Gasteiger partial charge in [-0.05, 0) is 37.0 Å². The molecular formula is C16H22N2O2. The highest BCUT2D eigenvalue weighted by Gasteiger charge is 2.43. The highest BCUT2D eigenvalue weighted by Crippen LogP contribution is 2.41. The van der Waals surface area contributed by atoms with Crippen LogP contribution < -0.4 is 10.1 Å². The van der Waals surface area contributed by atoms with Gasteiger partial charge in [-0.3, -0.25) is 9.69 Å². The zero-order valence-corrected chi connectivity index (χ0v) is 12.1. The Bertz CT molecular complexity index is 499. The summed E-state index contributed by atoms with van der Waals surface area (Å²) in [4.78, 5) is 14.0. The average molecular weight is 274 g/mol. The summed E-state index contributed by atoms with van der Waals surface area (Å²) in [6.07, 6.45) is 3.60. The molecule has 1 saturated carbocycles. The number of hydrogen-bond acceptors (Lipinski definition) is 3. The van der Waals surface area contributed by atoms with Gasteiger partial charge in [-0.1, -0.05) is 12.1 Å². The standard InChI is InChI=1S/C16H22N2O2/c1-11(19)17-15-8-9-18(13-6-7-13)16(15)12-4-3-5-14(10-12)20-2/h3-5,10,13,15-16H,6-9H2,1-2H3,(H,17,19)/t15-,16-/m1/s1. The number of benzene rings is 1. The van der Waals surface area contributed by atoms with E-state index in [1.807, 2.05) is 12.1 Å². The fourth-order valence-corrected chi connectivity index (χ4v) is 3.29. The lowest BCUT2D eigenvalue weighted by Gasteiger charge is -2.29. The predicted molar refractivity (Wildman–Crippen MR) is 77.7 cm³/mol. The average Bonchev–Trinajstić information content (AvgIpc) is 3.20. The van der Waals surface area contributed by atoms with Crippen LogP contribution in [0.5, 0.6) is 5.75 Å². The first-order valence-corrected chi connectivity index (χ1v) is 7.36. The van der Waals surface area contributed by atoms with Gasteiger partial charge in [-0.15, -0.1) is 0 Å². The summed E-state index contributed by atoms with van der Waals surface area (Å²) in [6, 6.07) is 9.42. The molecule has 4 nitrogen and oxygen atoms in total. The molecule has 1 aliphatic carbocycles. The lowest BCUT2D eigenvalue weighted by molar-refractivity contribution is -0.119. The largest absolute Gasteiger partial charge is 0.497 e. The van der Waals surface area contributed by atoms with Crippen LogP contribution >= 0.6 is 0 Å². The van der Waals surface area contributed by atoms with E-state index in [1.165, 1.54) is 18.4 Å². The molecule has 1 aliphatic heterocycles. The number of amides is 1. The van der Waals surface area contributed by atoms with E-state index in [0.29, 0.717) is 6.04 Å². The Morgan fingerprint density at radius 3 is 2.80 bits per heavy atom. The van der Waals surface area contributed by atoms with E-state index in [9.17, 15) is 4.79 Å². The lowest BCUT2D eigenvalue weighted by Crippen LogP contribution is -2.39. The van der Waals surface area contributed by atoms with Crippen molar-refractivity contribution in [1.82, 2.24) is 10.2 Å². The number of rotatable bonds is 4. The Morgan fingerprint density at radius 1 is 1.35 bits per heavy atom. The molecule has 1 aromatic carbocycles. The molecule has 4 heteroatoms. The summed E-state index contributed by atoms with van der Waals surface area (Å²) in [7, 11) is 1.69. The minimum atomic E-state index is 0.0561. The third-order valence-electron chi connectivity index (χ3n) is 4.28. The van der Waals surface area contributed by atoms with Crippen molar-refractivity contribution >= 4 is 5.91 Å². The number of carbonyl (C=O) groups is 1. The zero-order chi connectivity index (χ0) is 14.1. The van der Waals surface area contributed by atoms with Gasteiger partial charge < -0.3 is 10.1 Å². The van der Waals surface area contributed by atoms with Gasteiger partial charge in [-0.25, -0.2) is 0 Å². The first-order valence-electron chi connectivity index (χ1n) is 7.36. The molecule has 1 saturated heterocycles. The molecule has 3 rings (SSSR count). The van der Waals surface area contributed by atoms with E-state index in [1.54, 1.807) is 14.0 Å². The second kappa shape index (κ2) is 5.44. The molecule has 2 atom stereocenters. The summed E-state index contributed by atoms with van der Waals surface area (Å²) in [5.74, 6) is 0.937. The van der Waals surface area contributed by atoms with E-state index < -0.39 is 0 Å². The fraction of sp³-hybridized carbons (Fsp3) is 0.562. The first-order chi connectivity index (χ1) is 9.69. The van der Waals surface area contributed by atoms with Gasteiger partial charge in [0.15, 0.2) is 0 Å². The first kappa shape index (κ1) is 13.4. The number of carbonyl (C=O) groups excluding carboxylic acids is 1. The second-order valence-electron chi connectivity index (χ2n) is 5.79.